The average molecular weight is 419 g/mol. The second-order valence-corrected chi connectivity index (χ2v) is 7.81. The van der Waals surface area contributed by atoms with Crippen molar-refractivity contribution in [1.82, 2.24) is 5.01 Å². The molecule has 6 nitrogen and oxygen atoms in total. The smallest absolute Gasteiger partial charge is 0.295 e. The maximum atomic E-state index is 10.9. The third kappa shape index (κ3) is 6.27. The monoisotopic (exact) mass is 418 g/mol. The standard InChI is InChI=1S/C9H12O3S.C7H11BrN2O/c1-6-4-7(2)9(8(3)5-6)13(10,11)12;1-2-11-7-3-6(8)4-10(9)5-7/h4-5H,1-3H3,(H,10,11,12);3,5H,2,4,9H2,1H3. The number of aryl methyl sites for hydroxylation is 3. The van der Waals surface area contributed by atoms with Gasteiger partial charge in [0, 0.05) is 4.48 Å². The molecule has 0 spiro atoms. The molecule has 2 rings (SSSR count). The Hall–Kier alpha value is -1.35. The molecule has 1 aromatic rings. The molecular formula is C16H23BrN2O4S. The molecular weight excluding hydrogens is 396 g/mol. The molecule has 0 amide bonds. The van der Waals surface area contributed by atoms with Gasteiger partial charge in [0.1, 0.15) is 5.76 Å². The lowest BCUT2D eigenvalue weighted by Gasteiger charge is -2.19. The Bertz CT molecular complexity index is 734. The summed E-state index contributed by atoms with van der Waals surface area (Å²) in [6.45, 7) is 8.53. The van der Waals surface area contributed by atoms with Crippen molar-refractivity contribution >= 4 is 26.0 Å². The van der Waals surface area contributed by atoms with E-state index in [0.29, 0.717) is 24.3 Å². The van der Waals surface area contributed by atoms with Crippen LogP contribution in [0.15, 0.2) is 39.5 Å². The van der Waals surface area contributed by atoms with Gasteiger partial charge in [-0.15, -0.1) is 0 Å². The molecule has 0 atom stereocenters. The number of ether oxygens (including phenoxy) is 1. The van der Waals surface area contributed by atoms with Crippen molar-refractivity contribution in [2.24, 2.45) is 5.84 Å². The summed E-state index contributed by atoms with van der Waals surface area (Å²) < 4.78 is 37.1. The van der Waals surface area contributed by atoms with Crippen LogP contribution in [0.2, 0.25) is 0 Å². The molecule has 0 saturated carbocycles. The molecule has 1 aromatic carbocycles. The molecule has 0 bridgehead atoms. The molecule has 1 aliphatic heterocycles. The van der Waals surface area contributed by atoms with Crippen molar-refractivity contribution < 1.29 is 17.7 Å². The van der Waals surface area contributed by atoms with Gasteiger partial charge in [-0.25, -0.2) is 5.84 Å². The van der Waals surface area contributed by atoms with E-state index in [4.69, 9.17) is 15.1 Å². The Morgan fingerprint density at radius 2 is 1.83 bits per heavy atom. The molecule has 1 aliphatic rings. The summed E-state index contributed by atoms with van der Waals surface area (Å²) in [4.78, 5) is 0.0260. The molecule has 1 heterocycles. The quantitative estimate of drug-likeness (QED) is 0.578. The summed E-state index contributed by atoms with van der Waals surface area (Å²) in [6, 6.07) is 3.46. The van der Waals surface area contributed by atoms with E-state index in [9.17, 15) is 8.42 Å². The maximum absolute atomic E-state index is 10.9. The van der Waals surface area contributed by atoms with Crippen LogP contribution in [0, 0.1) is 20.8 Å². The van der Waals surface area contributed by atoms with Crippen LogP contribution in [0.25, 0.3) is 0 Å². The number of halogens is 1. The molecule has 0 radical (unpaired) electrons. The van der Waals surface area contributed by atoms with E-state index in [1.807, 2.05) is 19.9 Å². The van der Waals surface area contributed by atoms with Gasteiger partial charge in [-0.05, 0) is 44.9 Å². The Morgan fingerprint density at radius 3 is 2.25 bits per heavy atom. The fraction of sp³-hybridized carbons (Fsp3) is 0.375. The topological polar surface area (TPSA) is 92.9 Å². The lowest BCUT2D eigenvalue weighted by molar-refractivity contribution is 0.228. The maximum Gasteiger partial charge on any atom is 0.295 e. The van der Waals surface area contributed by atoms with Gasteiger partial charge in [-0.2, -0.15) is 8.42 Å². The molecule has 0 saturated heterocycles. The van der Waals surface area contributed by atoms with Crippen molar-refractivity contribution in [3.05, 3.63) is 51.3 Å². The first-order valence-electron chi connectivity index (χ1n) is 7.32. The van der Waals surface area contributed by atoms with Gasteiger partial charge in [-0.3, -0.25) is 4.55 Å². The minimum Gasteiger partial charge on any atom is -0.492 e. The van der Waals surface area contributed by atoms with Gasteiger partial charge >= 0.3 is 0 Å². The number of benzene rings is 1. The van der Waals surface area contributed by atoms with Crippen LogP contribution >= 0.6 is 15.9 Å². The van der Waals surface area contributed by atoms with E-state index in [1.165, 1.54) is 0 Å². The highest BCUT2D eigenvalue weighted by Crippen LogP contribution is 2.21. The van der Waals surface area contributed by atoms with Crippen molar-refractivity contribution in [2.75, 3.05) is 13.2 Å². The Balaban J connectivity index is 0.000000243. The third-order valence-corrected chi connectivity index (χ3v) is 4.74. The Morgan fingerprint density at radius 1 is 1.29 bits per heavy atom. The van der Waals surface area contributed by atoms with Gasteiger partial charge < -0.3 is 9.75 Å². The third-order valence-electron chi connectivity index (χ3n) is 3.10. The molecule has 3 N–H and O–H groups in total. The molecule has 24 heavy (non-hydrogen) atoms. The number of hydrogen-bond donors (Lipinski definition) is 2. The van der Waals surface area contributed by atoms with E-state index in [2.05, 4.69) is 15.9 Å². The lowest BCUT2D eigenvalue weighted by Crippen LogP contribution is -2.29. The summed E-state index contributed by atoms with van der Waals surface area (Å²) in [5, 5.41) is 1.58. The highest BCUT2D eigenvalue weighted by Gasteiger charge is 2.16. The van der Waals surface area contributed by atoms with Gasteiger partial charge in [0.25, 0.3) is 10.1 Å². The highest BCUT2D eigenvalue weighted by atomic mass is 79.9. The minimum atomic E-state index is -4.08. The number of hydrogen-bond acceptors (Lipinski definition) is 5. The second kappa shape index (κ2) is 8.66. The fourth-order valence-corrected chi connectivity index (χ4v) is 3.89. The Labute approximate surface area is 151 Å². The van der Waals surface area contributed by atoms with E-state index in [1.54, 1.807) is 37.2 Å². The van der Waals surface area contributed by atoms with Crippen LogP contribution < -0.4 is 5.84 Å². The number of allylic oxidation sites excluding steroid dienone is 1. The summed E-state index contributed by atoms with van der Waals surface area (Å²) in [5.74, 6) is 6.35. The lowest BCUT2D eigenvalue weighted by atomic mass is 10.1. The van der Waals surface area contributed by atoms with Crippen LogP contribution in [-0.4, -0.2) is 31.1 Å². The molecule has 134 valence electrons. The van der Waals surface area contributed by atoms with E-state index >= 15 is 0 Å². The van der Waals surface area contributed by atoms with Crippen molar-refractivity contribution in [3.63, 3.8) is 0 Å². The summed E-state index contributed by atoms with van der Waals surface area (Å²) in [5.41, 5.74) is 2.16. The number of nitrogens with two attached hydrogens (primary N) is 1. The van der Waals surface area contributed by atoms with Gasteiger partial charge in [0.2, 0.25) is 0 Å². The van der Waals surface area contributed by atoms with Crippen LogP contribution in [0.5, 0.6) is 0 Å². The van der Waals surface area contributed by atoms with Crippen LogP contribution in [0.4, 0.5) is 0 Å². The first-order valence-corrected chi connectivity index (χ1v) is 9.55. The number of nitrogens with zero attached hydrogens (tertiary/aromatic N) is 1. The first kappa shape index (κ1) is 20.7. The molecule has 0 unspecified atom stereocenters. The zero-order chi connectivity index (χ0) is 18.5. The zero-order valence-electron chi connectivity index (χ0n) is 14.2. The molecule has 8 heteroatoms. The summed E-state index contributed by atoms with van der Waals surface area (Å²) >= 11 is 3.36. The van der Waals surface area contributed by atoms with Gasteiger partial charge in [-0.1, -0.05) is 33.6 Å². The highest BCUT2D eigenvalue weighted by molar-refractivity contribution is 9.11. The van der Waals surface area contributed by atoms with Crippen molar-refractivity contribution in [1.29, 1.82) is 0 Å². The van der Waals surface area contributed by atoms with Gasteiger partial charge in [0.05, 0.1) is 24.2 Å². The molecule has 0 aromatic heterocycles. The number of rotatable bonds is 3. The largest absolute Gasteiger partial charge is 0.492 e. The first-order chi connectivity index (χ1) is 11.0. The SMILES string of the molecule is CCOC1=CN(N)CC(Br)=C1.Cc1cc(C)c(S(=O)(=O)O)c(C)c1. The molecule has 0 aliphatic carbocycles. The van der Waals surface area contributed by atoms with Crippen molar-refractivity contribution in [2.45, 2.75) is 32.6 Å². The van der Waals surface area contributed by atoms with Crippen LogP contribution in [0.3, 0.4) is 0 Å². The predicted octanol–water partition coefficient (Wildman–Crippen LogP) is 3.19. The van der Waals surface area contributed by atoms with Crippen LogP contribution in [0.1, 0.15) is 23.6 Å². The fourth-order valence-electron chi connectivity index (χ4n) is 2.44. The average Bonchev–Trinajstić information content (AvgIpc) is 2.35. The molecule has 0 fully saturated rings. The van der Waals surface area contributed by atoms with Crippen molar-refractivity contribution in [3.8, 4) is 0 Å². The number of hydrazine groups is 1. The van der Waals surface area contributed by atoms with E-state index in [0.717, 1.165) is 15.8 Å². The minimum absolute atomic E-state index is 0.0260. The Kier molecular flexibility index (Phi) is 7.47. The van der Waals surface area contributed by atoms with E-state index in [-0.39, 0.29) is 4.90 Å². The van der Waals surface area contributed by atoms with Gasteiger partial charge in [0.15, 0.2) is 0 Å². The zero-order valence-corrected chi connectivity index (χ0v) is 16.6. The normalized spacial score (nSPS) is 14.4. The summed E-state index contributed by atoms with van der Waals surface area (Å²) in [7, 11) is -4.08. The second-order valence-electron chi connectivity index (χ2n) is 5.43. The summed E-state index contributed by atoms with van der Waals surface area (Å²) in [6.07, 6.45) is 3.70. The van der Waals surface area contributed by atoms with Crippen LogP contribution in [-0.2, 0) is 14.9 Å². The predicted molar refractivity (Wildman–Crippen MR) is 98.1 cm³/mol. The van der Waals surface area contributed by atoms with E-state index < -0.39 is 10.1 Å².